The number of carbonyl (C=O) groups is 1. The van der Waals surface area contributed by atoms with Crippen molar-refractivity contribution in [2.45, 2.75) is 32.6 Å². The second-order valence-electron chi connectivity index (χ2n) is 5.97. The average Bonchev–Trinajstić information content (AvgIpc) is 2.72. The number of rotatable bonds is 3. The van der Waals surface area contributed by atoms with Gasteiger partial charge in [-0.25, -0.2) is 0 Å². The van der Waals surface area contributed by atoms with Gasteiger partial charge in [-0.2, -0.15) is 0 Å². The number of ether oxygens (including phenoxy) is 1. The van der Waals surface area contributed by atoms with Gasteiger partial charge in [0.1, 0.15) is 0 Å². The van der Waals surface area contributed by atoms with Crippen molar-refractivity contribution >= 4 is 5.91 Å². The van der Waals surface area contributed by atoms with Gasteiger partial charge >= 0.3 is 0 Å². The van der Waals surface area contributed by atoms with E-state index in [1.165, 1.54) is 6.42 Å². The molecule has 0 bridgehead atoms. The van der Waals surface area contributed by atoms with Gasteiger partial charge in [-0.3, -0.25) is 4.79 Å². The van der Waals surface area contributed by atoms with Crippen molar-refractivity contribution in [2.75, 3.05) is 39.9 Å². The summed E-state index contributed by atoms with van der Waals surface area (Å²) in [7, 11) is 1.69. The molecule has 0 radical (unpaired) electrons. The van der Waals surface area contributed by atoms with E-state index in [0.717, 1.165) is 51.4 Å². The van der Waals surface area contributed by atoms with E-state index in [1.54, 1.807) is 7.11 Å². The topological polar surface area (TPSA) is 41.6 Å². The number of likely N-dealkylation sites (tertiary alicyclic amines) is 1. The number of hydrogen-bond acceptors (Lipinski definition) is 3. The van der Waals surface area contributed by atoms with Crippen LogP contribution < -0.4 is 5.32 Å². The van der Waals surface area contributed by atoms with E-state index in [2.05, 4.69) is 17.1 Å². The second-order valence-corrected chi connectivity index (χ2v) is 5.97. The lowest BCUT2D eigenvalue weighted by molar-refractivity contribution is -0.144. The molecule has 0 saturated carbocycles. The van der Waals surface area contributed by atoms with Crippen LogP contribution in [0.4, 0.5) is 0 Å². The smallest absolute Gasteiger partial charge is 0.232 e. The molecule has 18 heavy (non-hydrogen) atoms. The van der Waals surface area contributed by atoms with Crippen molar-refractivity contribution in [3.8, 4) is 0 Å². The molecule has 0 spiro atoms. The predicted octanol–water partition coefficient (Wildman–Crippen LogP) is 1.26. The monoisotopic (exact) mass is 254 g/mol. The molecule has 2 aliphatic rings. The Kier molecular flexibility index (Phi) is 4.62. The molecule has 1 N–H and O–H groups in total. The highest BCUT2D eigenvalue weighted by Gasteiger charge is 2.43. The number of carbonyl (C=O) groups excluding carboxylic acids is 1. The van der Waals surface area contributed by atoms with Crippen LogP contribution in [0, 0.1) is 11.3 Å². The molecule has 0 aromatic heterocycles. The summed E-state index contributed by atoms with van der Waals surface area (Å²) in [6.45, 7) is 6.38. The van der Waals surface area contributed by atoms with Gasteiger partial charge in [0.05, 0.1) is 12.0 Å². The highest BCUT2D eigenvalue weighted by molar-refractivity contribution is 5.83. The van der Waals surface area contributed by atoms with Gasteiger partial charge in [0, 0.05) is 26.7 Å². The second kappa shape index (κ2) is 6.02. The Bertz CT molecular complexity index is 288. The van der Waals surface area contributed by atoms with Crippen LogP contribution in [0.25, 0.3) is 0 Å². The minimum absolute atomic E-state index is 0.303. The summed E-state index contributed by atoms with van der Waals surface area (Å²) < 4.78 is 5.31. The summed E-state index contributed by atoms with van der Waals surface area (Å²) in [5.41, 5.74) is -0.303. The van der Waals surface area contributed by atoms with Crippen molar-refractivity contribution in [3.05, 3.63) is 0 Å². The first-order chi connectivity index (χ1) is 8.68. The zero-order chi connectivity index (χ0) is 13.0. The van der Waals surface area contributed by atoms with E-state index in [4.69, 9.17) is 4.74 Å². The molecular weight excluding hydrogens is 228 g/mol. The number of methoxy groups -OCH3 is 1. The van der Waals surface area contributed by atoms with E-state index in [-0.39, 0.29) is 5.41 Å². The van der Waals surface area contributed by atoms with E-state index in [9.17, 15) is 4.79 Å². The van der Waals surface area contributed by atoms with Gasteiger partial charge in [-0.15, -0.1) is 0 Å². The molecule has 2 unspecified atom stereocenters. The van der Waals surface area contributed by atoms with Crippen LogP contribution in [-0.2, 0) is 9.53 Å². The number of hydrogen-bond donors (Lipinski definition) is 1. The molecule has 4 heteroatoms. The lowest BCUT2D eigenvalue weighted by Gasteiger charge is -2.32. The van der Waals surface area contributed by atoms with Gasteiger partial charge in [-0.1, -0.05) is 6.92 Å². The summed E-state index contributed by atoms with van der Waals surface area (Å²) in [4.78, 5) is 14.9. The Hall–Kier alpha value is -0.610. The van der Waals surface area contributed by atoms with Crippen molar-refractivity contribution < 1.29 is 9.53 Å². The summed E-state index contributed by atoms with van der Waals surface area (Å²) in [5.74, 6) is 1.06. The summed E-state index contributed by atoms with van der Waals surface area (Å²) in [6.07, 6.45) is 4.44. The minimum atomic E-state index is -0.303. The first-order valence-corrected chi connectivity index (χ1v) is 7.17. The molecule has 0 aromatic rings. The number of nitrogens with one attached hydrogen (secondary N) is 1. The molecule has 2 rings (SSSR count). The number of amides is 1. The zero-order valence-electron chi connectivity index (χ0n) is 11.7. The maximum atomic E-state index is 12.8. The Labute approximate surface area is 110 Å². The number of nitrogens with zero attached hydrogens (tertiary/aromatic N) is 1. The third-order valence-corrected chi connectivity index (χ3v) is 4.42. The summed E-state index contributed by atoms with van der Waals surface area (Å²) >= 11 is 0. The minimum Gasteiger partial charge on any atom is -0.384 e. The maximum Gasteiger partial charge on any atom is 0.232 e. The third-order valence-electron chi connectivity index (χ3n) is 4.42. The molecule has 104 valence electrons. The van der Waals surface area contributed by atoms with E-state index in [0.29, 0.717) is 12.5 Å². The van der Waals surface area contributed by atoms with Crippen LogP contribution in [-0.4, -0.2) is 50.7 Å². The zero-order valence-corrected chi connectivity index (χ0v) is 11.7. The van der Waals surface area contributed by atoms with Gasteiger partial charge < -0.3 is 15.0 Å². The van der Waals surface area contributed by atoms with Crippen LogP contribution in [0.3, 0.4) is 0 Å². The summed E-state index contributed by atoms with van der Waals surface area (Å²) in [5, 5.41) is 3.31. The van der Waals surface area contributed by atoms with Crippen LogP contribution in [0.2, 0.25) is 0 Å². The quantitative estimate of drug-likeness (QED) is 0.824. The molecular formula is C14H26N2O2. The van der Waals surface area contributed by atoms with Crippen molar-refractivity contribution in [2.24, 2.45) is 11.3 Å². The van der Waals surface area contributed by atoms with Crippen molar-refractivity contribution in [1.82, 2.24) is 10.2 Å². The Morgan fingerprint density at radius 1 is 1.44 bits per heavy atom. The Morgan fingerprint density at radius 3 is 2.94 bits per heavy atom. The first kappa shape index (κ1) is 13.8. The largest absolute Gasteiger partial charge is 0.384 e. The van der Waals surface area contributed by atoms with Gasteiger partial charge in [-0.05, 0) is 38.1 Å². The fourth-order valence-corrected chi connectivity index (χ4v) is 3.19. The normalized spacial score (nSPS) is 33.4. The third kappa shape index (κ3) is 2.86. The van der Waals surface area contributed by atoms with Gasteiger partial charge in [0.2, 0.25) is 5.91 Å². The summed E-state index contributed by atoms with van der Waals surface area (Å²) in [6, 6.07) is 0. The van der Waals surface area contributed by atoms with Crippen LogP contribution in [0.5, 0.6) is 0 Å². The molecule has 2 fully saturated rings. The molecule has 2 saturated heterocycles. The lowest BCUT2D eigenvalue weighted by atomic mass is 9.86. The average molecular weight is 254 g/mol. The predicted molar refractivity (Wildman–Crippen MR) is 71.4 cm³/mol. The SMILES string of the molecule is COCC1(C(=O)N2CCCC(C)CC2)CCNC1. The van der Waals surface area contributed by atoms with Gasteiger partial charge in [0.15, 0.2) is 0 Å². The highest BCUT2D eigenvalue weighted by atomic mass is 16.5. The van der Waals surface area contributed by atoms with Crippen LogP contribution in [0.15, 0.2) is 0 Å². The van der Waals surface area contributed by atoms with E-state index >= 15 is 0 Å². The molecule has 0 aromatic carbocycles. The van der Waals surface area contributed by atoms with Crippen molar-refractivity contribution in [3.63, 3.8) is 0 Å². The van der Waals surface area contributed by atoms with Gasteiger partial charge in [0.25, 0.3) is 0 Å². The van der Waals surface area contributed by atoms with Crippen molar-refractivity contribution in [1.29, 1.82) is 0 Å². The lowest BCUT2D eigenvalue weighted by Crippen LogP contribution is -2.48. The maximum absolute atomic E-state index is 12.8. The van der Waals surface area contributed by atoms with Crippen LogP contribution in [0.1, 0.15) is 32.6 Å². The Balaban J connectivity index is 2.03. The molecule has 4 nitrogen and oxygen atoms in total. The van der Waals surface area contributed by atoms with E-state index in [1.807, 2.05) is 0 Å². The Morgan fingerprint density at radius 2 is 2.28 bits per heavy atom. The standard InChI is InChI=1S/C14H26N2O2/c1-12-4-3-8-16(9-5-12)13(17)14(11-18-2)6-7-15-10-14/h12,15H,3-11H2,1-2H3. The molecule has 1 amide bonds. The fraction of sp³-hybridized carbons (Fsp3) is 0.929. The molecule has 2 atom stereocenters. The van der Waals surface area contributed by atoms with E-state index < -0.39 is 0 Å². The highest BCUT2D eigenvalue weighted by Crippen LogP contribution is 2.30. The molecule has 2 aliphatic heterocycles. The molecule has 0 aliphatic carbocycles. The van der Waals surface area contributed by atoms with Crippen LogP contribution >= 0.6 is 0 Å². The first-order valence-electron chi connectivity index (χ1n) is 7.17. The molecule has 2 heterocycles. The fourth-order valence-electron chi connectivity index (χ4n) is 3.19.